The van der Waals surface area contributed by atoms with Crippen LogP contribution in [0.2, 0.25) is 0 Å². The average Bonchev–Trinajstić information content (AvgIpc) is 2.46. The van der Waals surface area contributed by atoms with Gasteiger partial charge in [0, 0.05) is 18.0 Å². The Morgan fingerprint density at radius 3 is 2.63 bits per heavy atom. The second kappa shape index (κ2) is 4.74. The summed E-state index contributed by atoms with van der Waals surface area (Å²) >= 11 is 0. The molecular formula is C15H13N3O. The van der Waals surface area contributed by atoms with E-state index in [2.05, 4.69) is 15.0 Å². The Bertz CT molecular complexity index is 727. The fraction of sp³-hybridized carbons (Fsp3) is 0.133. The summed E-state index contributed by atoms with van der Waals surface area (Å²) in [6.45, 7) is 1.94. The van der Waals surface area contributed by atoms with E-state index in [0.29, 0.717) is 5.69 Å². The zero-order chi connectivity index (χ0) is 13.2. The Morgan fingerprint density at radius 1 is 1.05 bits per heavy atom. The predicted molar refractivity (Wildman–Crippen MR) is 72.6 cm³/mol. The predicted octanol–water partition coefficient (Wildman–Crippen LogP) is 2.41. The lowest BCUT2D eigenvalue weighted by atomic mass is 10.0. The van der Waals surface area contributed by atoms with E-state index < -0.39 is 6.10 Å². The van der Waals surface area contributed by atoms with Gasteiger partial charge in [0.05, 0.1) is 22.9 Å². The Hall–Kier alpha value is -2.33. The standard InChI is InChI=1S/C15H13N3O/c1-10-6-7-16-8-11(10)15(19)14-9-17-12-4-2-3-5-13(12)18-14/h2-9,15,19H,1H3. The molecule has 4 heteroatoms. The number of nitrogens with zero attached hydrogens (tertiary/aromatic N) is 3. The molecule has 1 atom stereocenters. The zero-order valence-electron chi connectivity index (χ0n) is 10.5. The van der Waals surface area contributed by atoms with Crippen molar-refractivity contribution in [1.29, 1.82) is 0 Å². The van der Waals surface area contributed by atoms with Crippen molar-refractivity contribution in [3.8, 4) is 0 Å². The lowest BCUT2D eigenvalue weighted by Gasteiger charge is -2.12. The molecule has 3 aromatic rings. The minimum Gasteiger partial charge on any atom is -0.382 e. The number of rotatable bonds is 2. The van der Waals surface area contributed by atoms with Crippen LogP contribution >= 0.6 is 0 Å². The van der Waals surface area contributed by atoms with E-state index in [9.17, 15) is 5.11 Å². The van der Waals surface area contributed by atoms with Crippen molar-refractivity contribution in [3.63, 3.8) is 0 Å². The maximum atomic E-state index is 10.4. The van der Waals surface area contributed by atoms with Gasteiger partial charge in [0.1, 0.15) is 6.10 Å². The first-order valence-corrected chi connectivity index (χ1v) is 6.06. The van der Waals surface area contributed by atoms with Crippen molar-refractivity contribution >= 4 is 11.0 Å². The smallest absolute Gasteiger partial charge is 0.124 e. The first-order chi connectivity index (χ1) is 9.25. The molecule has 0 amide bonds. The Morgan fingerprint density at radius 2 is 1.84 bits per heavy atom. The third-order valence-electron chi connectivity index (χ3n) is 3.12. The highest BCUT2D eigenvalue weighted by molar-refractivity contribution is 5.73. The minimum absolute atomic E-state index is 0.537. The number of fused-ring (bicyclic) bond motifs is 1. The minimum atomic E-state index is -0.800. The first kappa shape index (κ1) is 11.7. The summed E-state index contributed by atoms with van der Waals surface area (Å²) < 4.78 is 0. The third kappa shape index (κ3) is 2.18. The van der Waals surface area contributed by atoms with E-state index in [1.165, 1.54) is 0 Å². The molecule has 1 N–H and O–H groups in total. The van der Waals surface area contributed by atoms with Crippen LogP contribution in [0.5, 0.6) is 0 Å². The van der Waals surface area contributed by atoms with E-state index in [-0.39, 0.29) is 0 Å². The van der Waals surface area contributed by atoms with Crippen molar-refractivity contribution in [3.05, 3.63) is 65.7 Å². The Labute approximate surface area is 110 Å². The molecule has 3 rings (SSSR count). The topological polar surface area (TPSA) is 58.9 Å². The molecule has 0 aliphatic heterocycles. The number of hydrogen-bond donors (Lipinski definition) is 1. The highest BCUT2D eigenvalue weighted by Crippen LogP contribution is 2.23. The molecule has 0 bridgehead atoms. The fourth-order valence-electron chi connectivity index (χ4n) is 2.03. The molecule has 1 aromatic carbocycles. The summed E-state index contributed by atoms with van der Waals surface area (Å²) in [5.41, 5.74) is 3.88. The van der Waals surface area contributed by atoms with Crippen LogP contribution in [0.15, 0.2) is 48.9 Å². The molecule has 1 unspecified atom stereocenters. The van der Waals surface area contributed by atoms with Crippen LogP contribution in [0.3, 0.4) is 0 Å². The van der Waals surface area contributed by atoms with Crippen LogP contribution in [0.25, 0.3) is 11.0 Å². The van der Waals surface area contributed by atoms with Gasteiger partial charge in [-0.25, -0.2) is 4.98 Å². The van der Waals surface area contributed by atoms with Crippen molar-refractivity contribution in [2.75, 3.05) is 0 Å². The summed E-state index contributed by atoms with van der Waals surface area (Å²) in [6, 6.07) is 9.47. The van der Waals surface area contributed by atoms with Crippen LogP contribution in [0.4, 0.5) is 0 Å². The Balaban J connectivity index is 2.07. The maximum Gasteiger partial charge on any atom is 0.124 e. The number of pyridine rings is 1. The fourth-order valence-corrected chi connectivity index (χ4v) is 2.03. The lowest BCUT2D eigenvalue weighted by Crippen LogP contribution is -2.05. The highest BCUT2D eigenvalue weighted by atomic mass is 16.3. The van der Waals surface area contributed by atoms with Gasteiger partial charge in [-0.3, -0.25) is 9.97 Å². The Kier molecular flexibility index (Phi) is 2.93. The number of aliphatic hydroxyl groups is 1. The number of aliphatic hydroxyl groups excluding tert-OH is 1. The summed E-state index contributed by atoms with van der Waals surface area (Å²) in [6.07, 6.45) is 4.18. The molecular weight excluding hydrogens is 238 g/mol. The molecule has 0 spiro atoms. The van der Waals surface area contributed by atoms with Gasteiger partial charge in [0.2, 0.25) is 0 Å². The van der Waals surface area contributed by atoms with Crippen LogP contribution in [-0.2, 0) is 0 Å². The molecule has 0 radical (unpaired) electrons. The second-order valence-electron chi connectivity index (χ2n) is 4.42. The van der Waals surface area contributed by atoms with Crippen molar-refractivity contribution < 1.29 is 5.11 Å². The van der Waals surface area contributed by atoms with Crippen molar-refractivity contribution in [1.82, 2.24) is 15.0 Å². The van der Waals surface area contributed by atoms with Crippen molar-refractivity contribution in [2.45, 2.75) is 13.0 Å². The van der Waals surface area contributed by atoms with Crippen molar-refractivity contribution in [2.24, 2.45) is 0 Å². The molecule has 4 nitrogen and oxygen atoms in total. The molecule has 19 heavy (non-hydrogen) atoms. The lowest BCUT2D eigenvalue weighted by molar-refractivity contribution is 0.214. The van der Waals surface area contributed by atoms with Crippen LogP contribution in [-0.4, -0.2) is 20.1 Å². The quantitative estimate of drug-likeness (QED) is 0.760. The van der Waals surface area contributed by atoms with Gasteiger partial charge in [-0.1, -0.05) is 12.1 Å². The van der Waals surface area contributed by atoms with Gasteiger partial charge in [-0.15, -0.1) is 0 Å². The number of aromatic nitrogens is 3. The number of benzene rings is 1. The first-order valence-electron chi connectivity index (χ1n) is 6.06. The van der Waals surface area contributed by atoms with Gasteiger partial charge in [0.25, 0.3) is 0 Å². The van der Waals surface area contributed by atoms with Crippen LogP contribution in [0.1, 0.15) is 22.9 Å². The number of hydrogen-bond acceptors (Lipinski definition) is 4. The molecule has 94 valence electrons. The van der Waals surface area contributed by atoms with E-state index >= 15 is 0 Å². The van der Waals surface area contributed by atoms with Gasteiger partial charge in [0.15, 0.2) is 0 Å². The molecule has 2 heterocycles. The molecule has 0 saturated heterocycles. The maximum absolute atomic E-state index is 10.4. The zero-order valence-corrected chi connectivity index (χ0v) is 10.5. The van der Waals surface area contributed by atoms with Crippen LogP contribution in [0, 0.1) is 6.92 Å². The summed E-state index contributed by atoms with van der Waals surface area (Å²) in [5, 5.41) is 10.4. The van der Waals surface area contributed by atoms with Crippen LogP contribution < -0.4 is 0 Å². The van der Waals surface area contributed by atoms with Gasteiger partial charge in [-0.05, 0) is 30.7 Å². The summed E-state index contributed by atoms with van der Waals surface area (Å²) in [4.78, 5) is 12.8. The molecule has 0 aliphatic carbocycles. The van der Waals surface area contributed by atoms with Gasteiger partial charge >= 0.3 is 0 Å². The van der Waals surface area contributed by atoms with E-state index in [4.69, 9.17) is 0 Å². The largest absolute Gasteiger partial charge is 0.382 e. The number of para-hydroxylation sites is 2. The number of aryl methyl sites for hydroxylation is 1. The molecule has 2 aromatic heterocycles. The molecule has 0 saturated carbocycles. The molecule has 0 fully saturated rings. The van der Waals surface area contributed by atoms with E-state index in [1.54, 1.807) is 18.6 Å². The SMILES string of the molecule is Cc1ccncc1C(O)c1cnc2ccccc2n1. The normalized spacial score (nSPS) is 12.5. The average molecular weight is 251 g/mol. The molecule has 0 aliphatic rings. The van der Waals surface area contributed by atoms with E-state index in [1.807, 2.05) is 37.3 Å². The van der Waals surface area contributed by atoms with Gasteiger partial charge in [-0.2, -0.15) is 0 Å². The summed E-state index contributed by atoms with van der Waals surface area (Å²) in [7, 11) is 0. The summed E-state index contributed by atoms with van der Waals surface area (Å²) in [5.74, 6) is 0. The second-order valence-corrected chi connectivity index (χ2v) is 4.42. The van der Waals surface area contributed by atoms with Gasteiger partial charge < -0.3 is 5.11 Å². The third-order valence-corrected chi connectivity index (χ3v) is 3.12. The highest BCUT2D eigenvalue weighted by Gasteiger charge is 2.15. The van der Waals surface area contributed by atoms with E-state index in [0.717, 1.165) is 22.2 Å². The monoisotopic (exact) mass is 251 g/mol.